The van der Waals surface area contributed by atoms with Gasteiger partial charge >= 0.3 is 5.97 Å². The minimum absolute atomic E-state index is 0.238. The first-order valence-electron chi connectivity index (χ1n) is 8.66. The average Bonchev–Trinajstić information content (AvgIpc) is 3.12. The zero-order valence-corrected chi connectivity index (χ0v) is 14.9. The third-order valence-corrected chi connectivity index (χ3v) is 4.59. The first-order valence-corrected chi connectivity index (χ1v) is 8.66. The van der Waals surface area contributed by atoms with Crippen LogP contribution in [0, 0.1) is 0 Å². The summed E-state index contributed by atoms with van der Waals surface area (Å²) in [5.41, 5.74) is 2.08. The molecule has 2 aromatic heterocycles. The Labute approximate surface area is 159 Å². The van der Waals surface area contributed by atoms with E-state index in [1.165, 1.54) is 13.4 Å². The van der Waals surface area contributed by atoms with Crippen LogP contribution >= 0.6 is 0 Å². The van der Waals surface area contributed by atoms with E-state index in [1.54, 1.807) is 12.1 Å². The number of rotatable bonds is 3. The number of esters is 1. The molecule has 0 radical (unpaired) electrons. The third-order valence-electron chi connectivity index (χ3n) is 4.59. The molecule has 0 atom stereocenters. The lowest BCUT2D eigenvalue weighted by Crippen LogP contribution is -2.04. The summed E-state index contributed by atoms with van der Waals surface area (Å²) in [5, 5.41) is 2.71. The van der Waals surface area contributed by atoms with Gasteiger partial charge < -0.3 is 13.9 Å². The summed E-state index contributed by atoms with van der Waals surface area (Å²) in [5.74, 6) is 0.0864. The van der Waals surface area contributed by atoms with Crippen LogP contribution in [0.4, 0.5) is 0 Å². The minimum Gasteiger partial charge on any atom is -0.465 e. The number of carbonyl (C=O) groups excluding carboxylic acids is 1. The van der Waals surface area contributed by atoms with Crippen LogP contribution in [-0.4, -0.2) is 23.0 Å². The van der Waals surface area contributed by atoms with Gasteiger partial charge in [-0.3, -0.25) is 0 Å². The Morgan fingerprint density at radius 3 is 2.54 bits per heavy atom. The maximum atomic E-state index is 12.3. The Balaban J connectivity index is 1.70. The number of fused-ring (bicyclic) bond motifs is 4. The summed E-state index contributed by atoms with van der Waals surface area (Å²) in [6, 6.07) is 18.8. The first-order chi connectivity index (χ1) is 13.7. The van der Waals surface area contributed by atoms with Gasteiger partial charge in [-0.25, -0.2) is 9.78 Å². The molecule has 2 heterocycles. The number of nitrogens with zero attached hydrogens (tertiary/aromatic N) is 2. The predicted molar refractivity (Wildman–Crippen MR) is 105 cm³/mol. The molecule has 0 unspecified atom stereocenters. The molecule has 136 valence electrons. The molecule has 0 aliphatic rings. The highest BCUT2D eigenvalue weighted by Crippen LogP contribution is 2.36. The van der Waals surface area contributed by atoms with Gasteiger partial charge in [0.1, 0.15) is 28.7 Å². The lowest BCUT2D eigenvalue weighted by molar-refractivity contribution is 0.0598. The van der Waals surface area contributed by atoms with Crippen molar-refractivity contribution in [3.05, 3.63) is 72.6 Å². The molecule has 0 aliphatic heterocycles. The van der Waals surface area contributed by atoms with Crippen LogP contribution in [0.2, 0.25) is 0 Å². The van der Waals surface area contributed by atoms with Crippen LogP contribution in [0.25, 0.3) is 32.8 Å². The van der Waals surface area contributed by atoms with Crippen molar-refractivity contribution in [3.63, 3.8) is 0 Å². The van der Waals surface area contributed by atoms with E-state index < -0.39 is 5.97 Å². The van der Waals surface area contributed by atoms with Crippen LogP contribution in [0.1, 0.15) is 10.4 Å². The van der Waals surface area contributed by atoms with E-state index in [-0.39, 0.29) is 5.88 Å². The molecule has 0 saturated heterocycles. The van der Waals surface area contributed by atoms with Crippen molar-refractivity contribution in [1.29, 1.82) is 0 Å². The highest BCUT2D eigenvalue weighted by atomic mass is 16.5. The van der Waals surface area contributed by atoms with Crippen molar-refractivity contribution < 1.29 is 18.7 Å². The summed E-state index contributed by atoms with van der Waals surface area (Å²) in [6.07, 6.45) is 1.42. The minimum atomic E-state index is -0.490. The highest BCUT2D eigenvalue weighted by molar-refractivity contribution is 6.04. The van der Waals surface area contributed by atoms with E-state index in [0.717, 1.165) is 16.2 Å². The van der Waals surface area contributed by atoms with Gasteiger partial charge in [0, 0.05) is 5.39 Å². The molecule has 0 spiro atoms. The fourth-order valence-electron chi connectivity index (χ4n) is 3.25. The highest BCUT2D eigenvalue weighted by Gasteiger charge is 2.19. The van der Waals surface area contributed by atoms with E-state index in [4.69, 9.17) is 13.9 Å². The van der Waals surface area contributed by atoms with Crippen LogP contribution in [0.15, 0.2) is 71.4 Å². The van der Waals surface area contributed by atoms with Gasteiger partial charge in [-0.15, -0.1) is 0 Å². The largest absolute Gasteiger partial charge is 0.465 e. The third kappa shape index (κ3) is 2.54. The van der Waals surface area contributed by atoms with Gasteiger partial charge in [0.25, 0.3) is 5.88 Å². The second-order valence-electron chi connectivity index (χ2n) is 6.24. The number of methoxy groups -OCH3 is 1. The van der Waals surface area contributed by atoms with Crippen LogP contribution in [0.5, 0.6) is 11.6 Å². The molecular weight excluding hydrogens is 356 g/mol. The molecule has 0 amide bonds. The molecule has 5 aromatic rings. The van der Waals surface area contributed by atoms with E-state index >= 15 is 0 Å². The second kappa shape index (κ2) is 6.35. The number of benzene rings is 3. The van der Waals surface area contributed by atoms with Crippen molar-refractivity contribution in [2.24, 2.45) is 0 Å². The molecule has 28 heavy (non-hydrogen) atoms. The van der Waals surface area contributed by atoms with Gasteiger partial charge in [0.2, 0.25) is 5.58 Å². The molecule has 0 bridgehead atoms. The second-order valence-corrected chi connectivity index (χ2v) is 6.24. The van der Waals surface area contributed by atoms with E-state index in [1.807, 2.05) is 48.5 Å². The Morgan fingerprint density at radius 1 is 0.964 bits per heavy atom. The van der Waals surface area contributed by atoms with Crippen LogP contribution < -0.4 is 4.74 Å². The van der Waals surface area contributed by atoms with Gasteiger partial charge in [0.05, 0.1) is 7.11 Å². The van der Waals surface area contributed by atoms with Crippen LogP contribution in [-0.2, 0) is 4.74 Å². The molecule has 0 aliphatic carbocycles. The molecule has 6 nitrogen and oxygen atoms in total. The number of hydrogen-bond donors (Lipinski definition) is 0. The van der Waals surface area contributed by atoms with Gasteiger partial charge in [0.15, 0.2) is 0 Å². The fraction of sp³-hybridized carbons (Fsp3) is 0.0455. The monoisotopic (exact) mass is 370 g/mol. The number of furan rings is 1. The summed E-state index contributed by atoms with van der Waals surface area (Å²) in [4.78, 5) is 20.9. The van der Waals surface area contributed by atoms with Gasteiger partial charge in [-0.1, -0.05) is 36.4 Å². The Kier molecular flexibility index (Phi) is 3.69. The summed E-state index contributed by atoms with van der Waals surface area (Å²) >= 11 is 0. The number of aromatic nitrogens is 2. The zero-order chi connectivity index (χ0) is 19.1. The SMILES string of the molecule is COC(=O)c1cc2ccccc2cc1Oc1ncnc2c1oc1ccccc12. The standard InChI is InChI=1S/C22H14N2O4/c1-26-22(25)16-10-13-6-2-3-7-14(13)11-18(16)28-21-20-19(23-12-24-21)15-8-4-5-9-17(15)27-20/h2-12H,1H3. The predicted octanol–water partition coefficient (Wildman–Crippen LogP) is 5.11. The van der Waals surface area contributed by atoms with Crippen molar-refractivity contribution >= 4 is 38.8 Å². The van der Waals surface area contributed by atoms with Crippen molar-refractivity contribution in [3.8, 4) is 11.6 Å². The van der Waals surface area contributed by atoms with Crippen molar-refractivity contribution in [2.75, 3.05) is 7.11 Å². The summed E-state index contributed by atoms with van der Waals surface area (Å²) in [7, 11) is 1.34. The normalized spacial score (nSPS) is 11.2. The topological polar surface area (TPSA) is 74.5 Å². The maximum absolute atomic E-state index is 12.3. The summed E-state index contributed by atoms with van der Waals surface area (Å²) < 4.78 is 16.9. The van der Waals surface area contributed by atoms with Crippen molar-refractivity contribution in [2.45, 2.75) is 0 Å². The van der Waals surface area contributed by atoms with Gasteiger partial charge in [-0.2, -0.15) is 4.98 Å². The Bertz CT molecular complexity index is 1360. The fourth-order valence-corrected chi connectivity index (χ4v) is 3.25. The van der Waals surface area contributed by atoms with E-state index in [2.05, 4.69) is 9.97 Å². The molecule has 3 aromatic carbocycles. The maximum Gasteiger partial charge on any atom is 0.341 e. The number of carbonyl (C=O) groups is 1. The number of ether oxygens (including phenoxy) is 2. The molecular formula is C22H14N2O4. The number of hydrogen-bond acceptors (Lipinski definition) is 6. The molecule has 6 heteroatoms. The van der Waals surface area contributed by atoms with E-state index in [0.29, 0.717) is 28.0 Å². The Morgan fingerprint density at radius 2 is 1.71 bits per heavy atom. The lowest BCUT2D eigenvalue weighted by atomic mass is 10.1. The van der Waals surface area contributed by atoms with Crippen LogP contribution in [0.3, 0.4) is 0 Å². The first kappa shape index (κ1) is 16.3. The zero-order valence-electron chi connectivity index (χ0n) is 14.9. The molecule has 0 fully saturated rings. The number of para-hydroxylation sites is 1. The van der Waals surface area contributed by atoms with Crippen molar-refractivity contribution in [1.82, 2.24) is 9.97 Å². The Hall–Kier alpha value is -3.93. The average molecular weight is 370 g/mol. The molecule has 0 N–H and O–H groups in total. The van der Waals surface area contributed by atoms with E-state index in [9.17, 15) is 4.79 Å². The molecule has 0 saturated carbocycles. The smallest absolute Gasteiger partial charge is 0.341 e. The van der Waals surface area contributed by atoms with Gasteiger partial charge in [-0.05, 0) is 35.0 Å². The summed E-state index contributed by atoms with van der Waals surface area (Å²) in [6.45, 7) is 0. The quantitative estimate of drug-likeness (QED) is 0.411. The lowest BCUT2D eigenvalue weighted by Gasteiger charge is -2.11. The molecule has 5 rings (SSSR count).